The Morgan fingerprint density at radius 3 is 2.65 bits per heavy atom. The van der Waals surface area contributed by atoms with E-state index in [-0.39, 0.29) is 5.91 Å². The predicted molar refractivity (Wildman–Crippen MR) is 84.3 cm³/mol. The van der Waals surface area contributed by atoms with Gasteiger partial charge in [-0.15, -0.1) is 0 Å². The Labute approximate surface area is 133 Å². The zero-order valence-corrected chi connectivity index (χ0v) is 13.6. The molecule has 0 spiro atoms. The third-order valence-corrected chi connectivity index (χ3v) is 3.72. The summed E-state index contributed by atoms with van der Waals surface area (Å²) in [7, 11) is 0. The Morgan fingerprint density at radius 2 is 2.00 bits per heavy atom. The molecule has 1 amide bonds. The maximum Gasteiger partial charge on any atom is 0.265 e. The van der Waals surface area contributed by atoms with Gasteiger partial charge in [-0.25, -0.2) is 5.84 Å². The number of halogens is 2. The van der Waals surface area contributed by atoms with Gasteiger partial charge in [0.15, 0.2) is 0 Å². The number of nitrogen functional groups attached to an aromatic ring is 1. The van der Waals surface area contributed by atoms with Crippen LogP contribution in [0.15, 0.2) is 51.4 Å². The van der Waals surface area contributed by atoms with Gasteiger partial charge in [0.2, 0.25) is 0 Å². The van der Waals surface area contributed by atoms with Crippen molar-refractivity contribution in [3.63, 3.8) is 0 Å². The van der Waals surface area contributed by atoms with Crippen LogP contribution in [0, 0.1) is 0 Å². The van der Waals surface area contributed by atoms with Gasteiger partial charge in [-0.2, -0.15) is 0 Å². The number of hydrogen-bond acceptors (Lipinski definition) is 3. The number of nitrogens with one attached hydrogen (secondary N) is 1. The molecule has 0 heterocycles. The minimum Gasteiger partial charge on any atom is -0.488 e. The number of benzene rings is 2. The first-order chi connectivity index (χ1) is 9.60. The second-order valence-electron chi connectivity index (χ2n) is 4.04. The van der Waals surface area contributed by atoms with Crippen LogP contribution >= 0.6 is 31.9 Å². The van der Waals surface area contributed by atoms with Crippen molar-refractivity contribution in [1.29, 1.82) is 0 Å². The van der Waals surface area contributed by atoms with Gasteiger partial charge in [0.05, 0.1) is 4.47 Å². The van der Waals surface area contributed by atoms with Crippen molar-refractivity contribution in [2.75, 3.05) is 0 Å². The third-order valence-electron chi connectivity index (χ3n) is 2.61. The minimum atomic E-state index is -0.343. The number of rotatable bonds is 4. The molecule has 0 aliphatic rings. The molecule has 0 unspecified atom stereocenters. The molecule has 0 aliphatic heterocycles. The summed E-state index contributed by atoms with van der Waals surface area (Å²) < 4.78 is 7.43. The molecule has 0 aromatic heterocycles. The number of nitrogens with two attached hydrogens (primary N) is 1. The Hall–Kier alpha value is -1.37. The molecule has 0 saturated carbocycles. The highest BCUT2D eigenvalue weighted by molar-refractivity contribution is 9.10. The van der Waals surface area contributed by atoms with Crippen LogP contribution < -0.4 is 16.0 Å². The monoisotopic (exact) mass is 398 g/mol. The van der Waals surface area contributed by atoms with Crippen LogP contribution in [0.3, 0.4) is 0 Å². The number of hydrazine groups is 1. The summed E-state index contributed by atoms with van der Waals surface area (Å²) in [5.41, 5.74) is 3.60. The molecule has 0 radical (unpaired) electrons. The lowest BCUT2D eigenvalue weighted by molar-refractivity contribution is 0.0953. The van der Waals surface area contributed by atoms with E-state index in [1.165, 1.54) is 0 Å². The van der Waals surface area contributed by atoms with Crippen LogP contribution in [0.4, 0.5) is 0 Å². The summed E-state index contributed by atoms with van der Waals surface area (Å²) in [6, 6.07) is 12.9. The zero-order chi connectivity index (χ0) is 14.5. The third kappa shape index (κ3) is 3.82. The van der Waals surface area contributed by atoms with Crippen molar-refractivity contribution >= 4 is 37.8 Å². The highest BCUT2D eigenvalue weighted by atomic mass is 79.9. The maximum absolute atomic E-state index is 11.4. The van der Waals surface area contributed by atoms with Crippen LogP contribution in [-0.4, -0.2) is 5.91 Å². The summed E-state index contributed by atoms with van der Waals surface area (Å²) in [5, 5.41) is 0. The summed E-state index contributed by atoms with van der Waals surface area (Å²) in [6.07, 6.45) is 0. The topological polar surface area (TPSA) is 64.3 Å². The molecule has 0 aliphatic carbocycles. The molecule has 0 fully saturated rings. The fourth-order valence-corrected chi connectivity index (χ4v) is 2.57. The van der Waals surface area contributed by atoms with Gasteiger partial charge in [-0.1, -0.05) is 28.1 Å². The number of amides is 1. The second-order valence-corrected chi connectivity index (χ2v) is 5.81. The smallest absolute Gasteiger partial charge is 0.265 e. The van der Waals surface area contributed by atoms with E-state index >= 15 is 0 Å². The number of hydrogen-bond donors (Lipinski definition) is 2. The SMILES string of the molecule is NNC(=O)c1ccc(OCc2cccc(Br)c2)c(Br)c1. The van der Waals surface area contributed by atoms with Crippen LogP contribution in [0.2, 0.25) is 0 Å². The van der Waals surface area contributed by atoms with E-state index in [0.717, 1.165) is 10.0 Å². The zero-order valence-electron chi connectivity index (χ0n) is 10.4. The van der Waals surface area contributed by atoms with E-state index in [0.29, 0.717) is 22.4 Å². The Balaban J connectivity index is 2.08. The predicted octanol–water partition coefficient (Wildman–Crippen LogP) is 3.39. The lowest BCUT2D eigenvalue weighted by Gasteiger charge is -2.09. The number of carbonyl (C=O) groups excluding carboxylic acids is 1. The molecule has 0 atom stereocenters. The van der Waals surface area contributed by atoms with Gasteiger partial charge >= 0.3 is 0 Å². The van der Waals surface area contributed by atoms with Crippen LogP contribution in [0.1, 0.15) is 15.9 Å². The van der Waals surface area contributed by atoms with Crippen molar-refractivity contribution in [2.24, 2.45) is 5.84 Å². The molecule has 0 saturated heterocycles. The van der Waals surface area contributed by atoms with Gasteiger partial charge in [0.1, 0.15) is 12.4 Å². The van der Waals surface area contributed by atoms with E-state index in [1.807, 2.05) is 24.3 Å². The summed E-state index contributed by atoms with van der Waals surface area (Å²) in [5.74, 6) is 5.41. The first-order valence-corrected chi connectivity index (χ1v) is 7.36. The molecule has 2 aromatic rings. The molecule has 2 aromatic carbocycles. The van der Waals surface area contributed by atoms with Gasteiger partial charge in [0, 0.05) is 10.0 Å². The molecule has 104 valence electrons. The fourth-order valence-electron chi connectivity index (χ4n) is 1.63. The molecular weight excluding hydrogens is 388 g/mol. The summed E-state index contributed by atoms with van der Waals surface area (Å²) in [6.45, 7) is 0.445. The number of carbonyl (C=O) groups is 1. The average molecular weight is 400 g/mol. The van der Waals surface area contributed by atoms with Crippen molar-refractivity contribution in [1.82, 2.24) is 5.43 Å². The first kappa shape index (κ1) is 15.0. The van der Waals surface area contributed by atoms with Crippen molar-refractivity contribution in [2.45, 2.75) is 6.61 Å². The lowest BCUT2D eigenvalue weighted by atomic mass is 10.2. The second kappa shape index (κ2) is 6.88. The highest BCUT2D eigenvalue weighted by Crippen LogP contribution is 2.27. The molecule has 6 heteroatoms. The van der Waals surface area contributed by atoms with Crippen LogP contribution in [0.25, 0.3) is 0 Å². The number of ether oxygens (including phenoxy) is 1. The van der Waals surface area contributed by atoms with Gasteiger partial charge in [0.25, 0.3) is 5.91 Å². The summed E-state index contributed by atoms with van der Waals surface area (Å²) in [4.78, 5) is 11.4. The quantitative estimate of drug-likeness (QED) is 0.470. The normalized spacial score (nSPS) is 10.2. The Morgan fingerprint density at radius 1 is 1.20 bits per heavy atom. The lowest BCUT2D eigenvalue weighted by Crippen LogP contribution is -2.29. The van der Waals surface area contributed by atoms with E-state index < -0.39 is 0 Å². The molecule has 4 nitrogen and oxygen atoms in total. The summed E-state index contributed by atoms with van der Waals surface area (Å²) >= 11 is 6.79. The van der Waals surface area contributed by atoms with E-state index in [4.69, 9.17) is 10.6 Å². The van der Waals surface area contributed by atoms with Crippen molar-refractivity contribution in [3.05, 3.63) is 62.5 Å². The van der Waals surface area contributed by atoms with E-state index in [9.17, 15) is 4.79 Å². The molecule has 3 N–H and O–H groups in total. The van der Waals surface area contributed by atoms with Crippen LogP contribution in [0.5, 0.6) is 5.75 Å². The molecular formula is C14H12Br2N2O2. The average Bonchev–Trinajstić information content (AvgIpc) is 2.45. The molecule has 2 rings (SSSR count). The molecule has 0 bridgehead atoms. The Bertz CT molecular complexity index is 632. The van der Waals surface area contributed by atoms with Gasteiger partial charge in [-0.3, -0.25) is 10.2 Å². The minimum absolute atomic E-state index is 0.343. The van der Waals surface area contributed by atoms with Crippen LogP contribution in [-0.2, 0) is 6.61 Å². The van der Waals surface area contributed by atoms with Gasteiger partial charge in [-0.05, 0) is 51.8 Å². The maximum atomic E-state index is 11.4. The van der Waals surface area contributed by atoms with E-state index in [2.05, 4.69) is 37.3 Å². The van der Waals surface area contributed by atoms with E-state index in [1.54, 1.807) is 18.2 Å². The van der Waals surface area contributed by atoms with Crippen molar-refractivity contribution in [3.8, 4) is 5.75 Å². The molecule has 20 heavy (non-hydrogen) atoms. The first-order valence-electron chi connectivity index (χ1n) is 5.78. The highest BCUT2D eigenvalue weighted by Gasteiger charge is 2.08. The largest absolute Gasteiger partial charge is 0.488 e. The fraction of sp³-hybridized carbons (Fsp3) is 0.0714. The van der Waals surface area contributed by atoms with Crippen molar-refractivity contribution < 1.29 is 9.53 Å². The van der Waals surface area contributed by atoms with Gasteiger partial charge < -0.3 is 4.74 Å². The Kier molecular flexibility index (Phi) is 5.17. The standard InChI is InChI=1S/C14H12Br2N2O2/c15-11-3-1-2-9(6-11)8-20-13-5-4-10(7-12(13)16)14(19)18-17/h1-7H,8,17H2,(H,18,19).